The van der Waals surface area contributed by atoms with Crippen LogP contribution in [0.15, 0.2) is 36.7 Å². The lowest BCUT2D eigenvalue weighted by atomic mass is 10.1. The van der Waals surface area contributed by atoms with Crippen LogP contribution in [0.3, 0.4) is 0 Å². The first-order valence-corrected chi connectivity index (χ1v) is 8.87. The SMILES string of the molecule is CCN(CC)C(=O)Nc1ccc(C(C)NC(=O)c2cnc(C(=O)O)cn2)cc1. The van der Waals surface area contributed by atoms with Gasteiger partial charge in [-0.3, -0.25) is 4.79 Å². The van der Waals surface area contributed by atoms with E-state index in [0.29, 0.717) is 18.8 Å². The van der Waals surface area contributed by atoms with Gasteiger partial charge in [-0.1, -0.05) is 12.1 Å². The zero-order valence-electron chi connectivity index (χ0n) is 16.0. The van der Waals surface area contributed by atoms with Crippen LogP contribution in [0.4, 0.5) is 10.5 Å². The number of nitrogens with zero attached hydrogens (tertiary/aromatic N) is 3. The molecule has 0 aliphatic rings. The van der Waals surface area contributed by atoms with E-state index in [2.05, 4.69) is 20.6 Å². The van der Waals surface area contributed by atoms with E-state index < -0.39 is 11.9 Å². The van der Waals surface area contributed by atoms with E-state index in [0.717, 1.165) is 18.0 Å². The highest BCUT2D eigenvalue weighted by molar-refractivity contribution is 5.93. The van der Waals surface area contributed by atoms with Gasteiger partial charge < -0.3 is 20.6 Å². The molecule has 9 nitrogen and oxygen atoms in total. The Morgan fingerprint density at radius 3 is 2.11 bits per heavy atom. The minimum Gasteiger partial charge on any atom is -0.476 e. The maximum Gasteiger partial charge on any atom is 0.356 e. The summed E-state index contributed by atoms with van der Waals surface area (Å²) in [7, 11) is 0. The van der Waals surface area contributed by atoms with Crippen LogP contribution < -0.4 is 10.6 Å². The third-order valence-electron chi connectivity index (χ3n) is 4.16. The number of aromatic nitrogens is 2. The molecule has 0 saturated carbocycles. The number of hydrogen-bond acceptors (Lipinski definition) is 5. The van der Waals surface area contributed by atoms with Gasteiger partial charge in [0.2, 0.25) is 0 Å². The second kappa shape index (κ2) is 9.45. The zero-order chi connectivity index (χ0) is 20.7. The summed E-state index contributed by atoms with van der Waals surface area (Å²) in [5.41, 5.74) is 1.30. The van der Waals surface area contributed by atoms with Gasteiger partial charge in [0.15, 0.2) is 5.69 Å². The summed E-state index contributed by atoms with van der Waals surface area (Å²) in [5.74, 6) is -1.67. The first kappa shape index (κ1) is 20.8. The van der Waals surface area contributed by atoms with E-state index in [4.69, 9.17) is 5.11 Å². The topological polar surface area (TPSA) is 125 Å². The second-order valence-electron chi connectivity index (χ2n) is 6.01. The van der Waals surface area contributed by atoms with E-state index in [-0.39, 0.29) is 23.5 Å². The molecule has 1 aromatic heterocycles. The van der Waals surface area contributed by atoms with Crippen molar-refractivity contribution in [1.82, 2.24) is 20.2 Å². The molecule has 148 valence electrons. The lowest BCUT2D eigenvalue weighted by Gasteiger charge is -2.19. The summed E-state index contributed by atoms with van der Waals surface area (Å²) in [6, 6.07) is 6.66. The molecule has 3 N–H and O–H groups in total. The number of hydrogen-bond donors (Lipinski definition) is 3. The predicted octanol–water partition coefficient (Wildman–Crippen LogP) is 2.54. The summed E-state index contributed by atoms with van der Waals surface area (Å²) in [6.45, 7) is 6.88. The van der Waals surface area contributed by atoms with Gasteiger partial charge in [-0.2, -0.15) is 0 Å². The molecule has 0 radical (unpaired) electrons. The van der Waals surface area contributed by atoms with Crippen LogP contribution in [0.5, 0.6) is 0 Å². The van der Waals surface area contributed by atoms with Crippen molar-refractivity contribution in [1.29, 1.82) is 0 Å². The molecule has 2 aromatic rings. The predicted molar refractivity (Wildman–Crippen MR) is 103 cm³/mol. The standard InChI is InChI=1S/C19H23N5O4/c1-4-24(5-2)19(28)23-14-8-6-13(7-9-14)12(3)22-17(25)15-10-21-16(11-20-15)18(26)27/h6-12H,4-5H2,1-3H3,(H,22,25)(H,23,28)(H,26,27). The highest BCUT2D eigenvalue weighted by atomic mass is 16.4. The summed E-state index contributed by atoms with van der Waals surface area (Å²) in [4.78, 5) is 44.3. The highest BCUT2D eigenvalue weighted by Crippen LogP contribution is 2.17. The fraction of sp³-hybridized carbons (Fsp3) is 0.316. The van der Waals surface area contributed by atoms with Crippen molar-refractivity contribution in [3.05, 3.63) is 53.6 Å². The van der Waals surface area contributed by atoms with E-state index in [9.17, 15) is 14.4 Å². The quantitative estimate of drug-likeness (QED) is 0.673. The molecule has 1 aromatic carbocycles. The number of aromatic carboxylic acids is 1. The number of urea groups is 1. The van der Waals surface area contributed by atoms with Crippen molar-refractivity contribution < 1.29 is 19.5 Å². The number of carbonyl (C=O) groups excluding carboxylic acids is 2. The van der Waals surface area contributed by atoms with E-state index >= 15 is 0 Å². The Kier molecular flexibility index (Phi) is 7.02. The molecule has 0 fully saturated rings. The molecular formula is C19H23N5O4. The molecule has 9 heteroatoms. The number of carboxylic acid groups (broad SMARTS) is 1. The first-order chi connectivity index (χ1) is 13.3. The molecule has 1 atom stereocenters. The molecular weight excluding hydrogens is 362 g/mol. The Bertz CT molecular complexity index is 832. The number of amides is 3. The lowest BCUT2D eigenvalue weighted by Crippen LogP contribution is -2.34. The van der Waals surface area contributed by atoms with Crippen LogP contribution >= 0.6 is 0 Å². The van der Waals surface area contributed by atoms with Crippen molar-refractivity contribution in [2.24, 2.45) is 0 Å². The highest BCUT2D eigenvalue weighted by Gasteiger charge is 2.15. The third kappa shape index (κ3) is 5.26. The van der Waals surface area contributed by atoms with Gasteiger partial charge in [-0.25, -0.2) is 19.6 Å². The van der Waals surface area contributed by atoms with Gasteiger partial charge in [-0.15, -0.1) is 0 Å². The third-order valence-corrected chi connectivity index (χ3v) is 4.16. The number of nitrogens with one attached hydrogen (secondary N) is 2. The summed E-state index contributed by atoms with van der Waals surface area (Å²) in [5, 5.41) is 14.4. The van der Waals surface area contributed by atoms with Gasteiger partial charge >= 0.3 is 12.0 Å². The minimum absolute atomic E-state index is 0.0277. The van der Waals surface area contributed by atoms with Crippen molar-refractivity contribution in [2.45, 2.75) is 26.8 Å². The molecule has 28 heavy (non-hydrogen) atoms. The number of carboxylic acids is 1. The Morgan fingerprint density at radius 1 is 1.04 bits per heavy atom. The van der Waals surface area contributed by atoms with Gasteiger partial charge in [0, 0.05) is 18.8 Å². The molecule has 0 aliphatic carbocycles. The monoisotopic (exact) mass is 385 g/mol. The molecule has 1 heterocycles. The van der Waals surface area contributed by atoms with Gasteiger partial charge in [0.05, 0.1) is 18.4 Å². The van der Waals surface area contributed by atoms with Crippen molar-refractivity contribution in [2.75, 3.05) is 18.4 Å². The molecule has 0 saturated heterocycles. The van der Waals surface area contributed by atoms with Crippen LogP contribution in [-0.2, 0) is 0 Å². The normalized spacial score (nSPS) is 11.4. The summed E-state index contributed by atoms with van der Waals surface area (Å²) >= 11 is 0. The maximum absolute atomic E-state index is 12.2. The van der Waals surface area contributed by atoms with Gasteiger partial charge in [-0.05, 0) is 38.5 Å². The van der Waals surface area contributed by atoms with E-state index in [1.165, 1.54) is 0 Å². The fourth-order valence-corrected chi connectivity index (χ4v) is 2.48. The number of rotatable bonds is 7. The van der Waals surface area contributed by atoms with Crippen LogP contribution in [0.1, 0.15) is 53.4 Å². The zero-order valence-corrected chi connectivity index (χ0v) is 16.0. The molecule has 0 bridgehead atoms. The maximum atomic E-state index is 12.2. The molecule has 2 rings (SSSR count). The Balaban J connectivity index is 1.98. The Hall–Kier alpha value is -3.49. The lowest BCUT2D eigenvalue weighted by molar-refractivity contribution is 0.0688. The molecule has 1 unspecified atom stereocenters. The summed E-state index contributed by atoms with van der Waals surface area (Å²) in [6.07, 6.45) is 2.16. The van der Waals surface area contributed by atoms with Crippen molar-refractivity contribution >= 4 is 23.6 Å². The molecule has 0 aliphatic heterocycles. The van der Waals surface area contributed by atoms with Crippen molar-refractivity contribution in [3.63, 3.8) is 0 Å². The van der Waals surface area contributed by atoms with Crippen LogP contribution in [0.25, 0.3) is 0 Å². The Morgan fingerprint density at radius 2 is 1.61 bits per heavy atom. The van der Waals surface area contributed by atoms with Gasteiger partial charge in [0.1, 0.15) is 5.69 Å². The van der Waals surface area contributed by atoms with Gasteiger partial charge in [0.25, 0.3) is 5.91 Å². The first-order valence-electron chi connectivity index (χ1n) is 8.87. The average Bonchev–Trinajstić information content (AvgIpc) is 2.69. The second-order valence-corrected chi connectivity index (χ2v) is 6.01. The van der Waals surface area contributed by atoms with Crippen molar-refractivity contribution in [3.8, 4) is 0 Å². The minimum atomic E-state index is -1.21. The Labute approximate surface area is 162 Å². The number of anilines is 1. The van der Waals surface area contributed by atoms with Crippen LogP contribution in [-0.4, -0.2) is 51.0 Å². The van der Waals surface area contributed by atoms with E-state index in [1.54, 1.807) is 24.0 Å². The molecule has 3 amide bonds. The van der Waals surface area contributed by atoms with E-state index in [1.807, 2.05) is 26.0 Å². The fourth-order valence-electron chi connectivity index (χ4n) is 2.48. The smallest absolute Gasteiger partial charge is 0.356 e. The largest absolute Gasteiger partial charge is 0.476 e. The number of benzene rings is 1. The van der Waals surface area contributed by atoms with Crippen LogP contribution in [0, 0.1) is 0 Å². The summed E-state index contributed by atoms with van der Waals surface area (Å²) < 4.78 is 0. The number of carbonyl (C=O) groups is 3. The average molecular weight is 385 g/mol. The molecule has 0 spiro atoms. The van der Waals surface area contributed by atoms with Crippen LogP contribution in [0.2, 0.25) is 0 Å².